The van der Waals surface area contributed by atoms with Gasteiger partial charge < -0.3 is 4.74 Å². The molecule has 0 atom stereocenters. The highest BCUT2D eigenvalue weighted by atomic mass is 32.2. The molecule has 0 fully saturated rings. The molecule has 0 amide bonds. The Balaban J connectivity index is 2.01. The lowest BCUT2D eigenvalue weighted by Gasteiger charge is -1.99. The molecule has 0 aromatic carbocycles. The summed E-state index contributed by atoms with van der Waals surface area (Å²) in [6.45, 7) is 3.48. The van der Waals surface area contributed by atoms with E-state index in [1.54, 1.807) is 13.8 Å². The number of Topliss-reactive ketones (excluding diaryl/α,β-unsaturated/α-hetero) is 1. The Labute approximate surface area is 127 Å². The van der Waals surface area contributed by atoms with Gasteiger partial charge in [-0.1, -0.05) is 23.1 Å². The first-order chi connectivity index (χ1) is 10.0. The van der Waals surface area contributed by atoms with E-state index in [4.69, 9.17) is 4.74 Å². The van der Waals surface area contributed by atoms with Crippen LogP contribution in [0.15, 0.2) is 9.13 Å². The molecule has 2 heterocycles. The third kappa shape index (κ3) is 3.85. The Morgan fingerprint density at radius 3 is 2.86 bits per heavy atom. The molecule has 2 aromatic heterocycles. The first-order valence-electron chi connectivity index (χ1n) is 6.04. The lowest BCUT2D eigenvalue weighted by atomic mass is 10.3. The fourth-order valence-corrected chi connectivity index (χ4v) is 3.13. The van der Waals surface area contributed by atoms with Crippen molar-refractivity contribution in [3.8, 4) is 0 Å². The Bertz CT molecular complexity index is 739. The monoisotopic (exact) mass is 328 g/mol. The Morgan fingerprint density at radius 1 is 1.38 bits per heavy atom. The van der Waals surface area contributed by atoms with Crippen LogP contribution in [0.25, 0.3) is 4.96 Å². The topological polar surface area (TPSA) is 104 Å². The average molecular weight is 328 g/mol. The summed E-state index contributed by atoms with van der Waals surface area (Å²) >= 11 is 2.32. The van der Waals surface area contributed by atoms with Gasteiger partial charge in [0.05, 0.1) is 12.4 Å². The summed E-state index contributed by atoms with van der Waals surface area (Å²) in [6, 6.07) is 0. The number of esters is 1. The lowest BCUT2D eigenvalue weighted by Crippen LogP contribution is -2.19. The number of aryl methyl sites for hydroxylation is 1. The number of rotatable bonds is 6. The summed E-state index contributed by atoms with van der Waals surface area (Å²) < 4.78 is 6.37. The molecule has 0 aliphatic rings. The largest absolute Gasteiger partial charge is 0.466 e. The Kier molecular flexibility index (Phi) is 5.02. The maximum atomic E-state index is 11.8. The summed E-state index contributed by atoms with van der Waals surface area (Å²) in [5, 5.41) is 11.7. The maximum absolute atomic E-state index is 11.8. The number of hydrogen-bond acceptors (Lipinski definition) is 9. The standard InChI is InChI=1S/C11H12N4O4S2/c1-3-19-8(17)4-7(16)5-20-11-14-15-9(18)6(2)12-13-10(15)21-11/h3-5H2,1-2H3. The van der Waals surface area contributed by atoms with Gasteiger partial charge in [0.1, 0.15) is 12.1 Å². The number of thioether (sulfide) groups is 1. The van der Waals surface area contributed by atoms with Crippen LogP contribution in [0.2, 0.25) is 0 Å². The third-order valence-corrected chi connectivity index (χ3v) is 4.42. The molecule has 0 bridgehead atoms. The van der Waals surface area contributed by atoms with E-state index in [2.05, 4.69) is 15.3 Å². The molecule has 0 aliphatic heterocycles. The SMILES string of the molecule is CCOC(=O)CC(=O)CSc1nn2c(=O)c(C)nnc2s1. The van der Waals surface area contributed by atoms with E-state index in [1.165, 1.54) is 0 Å². The summed E-state index contributed by atoms with van der Waals surface area (Å²) in [5.41, 5.74) is -0.0753. The van der Waals surface area contributed by atoms with Gasteiger partial charge in [-0.3, -0.25) is 14.4 Å². The first-order valence-corrected chi connectivity index (χ1v) is 7.84. The van der Waals surface area contributed by atoms with Crippen molar-refractivity contribution >= 4 is 39.8 Å². The molecule has 10 heteroatoms. The van der Waals surface area contributed by atoms with E-state index in [-0.39, 0.29) is 35.8 Å². The second-order valence-electron chi connectivity index (χ2n) is 3.96. The molecule has 8 nitrogen and oxygen atoms in total. The maximum Gasteiger partial charge on any atom is 0.313 e. The predicted molar refractivity (Wildman–Crippen MR) is 76.6 cm³/mol. The highest BCUT2D eigenvalue weighted by Crippen LogP contribution is 2.23. The summed E-state index contributed by atoms with van der Waals surface area (Å²) in [6.07, 6.45) is -0.259. The molecule has 0 saturated carbocycles. The third-order valence-electron chi connectivity index (χ3n) is 2.33. The van der Waals surface area contributed by atoms with Gasteiger partial charge in [0.25, 0.3) is 5.56 Å². The normalized spacial score (nSPS) is 10.8. The summed E-state index contributed by atoms with van der Waals surface area (Å²) in [7, 11) is 0. The van der Waals surface area contributed by atoms with Crippen molar-refractivity contribution in [1.29, 1.82) is 0 Å². The number of aromatic nitrogens is 4. The van der Waals surface area contributed by atoms with E-state index in [1.807, 2.05) is 0 Å². The van der Waals surface area contributed by atoms with Crippen LogP contribution in [0.1, 0.15) is 19.0 Å². The smallest absolute Gasteiger partial charge is 0.313 e. The summed E-state index contributed by atoms with van der Waals surface area (Å²) in [5.74, 6) is -0.711. The van der Waals surface area contributed by atoms with Crippen molar-refractivity contribution in [2.24, 2.45) is 0 Å². The van der Waals surface area contributed by atoms with Gasteiger partial charge in [-0.25, -0.2) is 0 Å². The van der Waals surface area contributed by atoms with Gasteiger partial charge in [0.15, 0.2) is 10.1 Å². The van der Waals surface area contributed by atoms with Crippen LogP contribution in [-0.4, -0.2) is 43.9 Å². The van der Waals surface area contributed by atoms with Gasteiger partial charge in [-0.15, -0.1) is 15.3 Å². The van der Waals surface area contributed by atoms with Gasteiger partial charge in [-0.05, 0) is 13.8 Å². The van der Waals surface area contributed by atoms with Gasteiger partial charge >= 0.3 is 5.97 Å². The first kappa shape index (κ1) is 15.6. The number of ether oxygens (including phenoxy) is 1. The van der Waals surface area contributed by atoms with E-state index in [0.29, 0.717) is 9.30 Å². The lowest BCUT2D eigenvalue weighted by molar-refractivity contribution is -0.145. The molecule has 2 aromatic rings. The molecule has 0 spiro atoms. The van der Waals surface area contributed by atoms with Crippen molar-refractivity contribution < 1.29 is 14.3 Å². The number of carbonyl (C=O) groups excluding carboxylic acids is 2. The van der Waals surface area contributed by atoms with Gasteiger partial charge in [0.2, 0.25) is 4.96 Å². The second kappa shape index (κ2) is 6.76. The highest BCUT2D eigenvalue weighted by Gasteiger charge is 2.14. The number of fused-ring (bicyclic) bond motifs is 1. The molecular weight excluding hydrogens is 316 g/mol. The van der Waals surface area contributed by atoms with Crippen LogP contribution in [0.3, 0.4) is 0 Å². The zero-order valence-corrected chi connectivity index (χ0v) is 13.0. The molecule has 112 valence electrons. The van der Waals surface area contributed by atoms with Crippen molar-refractivity contribution in [2.45, 2.75) is 24.6 Å². The van der Waals surface area contributed by atoms with E-state index >= 15 is 0 Å². The van der Waals surface area contributed by atoms with Crippen LogP contribution >= 0.6 is 23.1 Å². The van der Waals surface area contributed by atoms with E-state index in [9.17, 15) is 14.4 Å². The minimum Gasteiger partial charge on any atom is -0.466 e. The minimum absolute atomic E-state index is 0.0831. The number of nitrogens with zero attached hydrogens (tertiary/aromatic N) is 4. The van der Waals surface area contributed by atoms with Crippen molar-refractivity contribution in [2.75, 3.05) is 12.4 Å². The van der Waals surface area contributed by atoms with E-state index in [0.717, 1.165) is 27.6 Å². The molecule has 0 saturated heterocycles. The van der Waals surface area contributed by atoms with Gasteiger partial charge in [0, 0.05) is 0 Å². The molecule has 0 N–H and O–H groups in total. The zero-order valence-electron chi connectivity index (χ0n) is 11.4. The van der Waals surface area contributed by atoms with Crippen LogP contribution in [0, 0.1) is 6.92 Å². The fraction of sp³-hybridized carbons (Fsp3) is 0.455. The van der Waals surface area contributed by atoms with Crippen molar-refractivity contribution in [3.63, 3.8) is 0 Å². The number of carbonyl (C=O) groups is 2. The minimum atomic E-state index is -0.537. The molecule has 0 aliphatic carbocycles. The molecule has 21 heavy (non-hydrogen) atoms. The predicted octanol–water partition coefficient (Wildman–Crippen LogP) is 0.469. The van der Waals surface area contributed by atoms with Crippen LogP contribution in [0.4, 0.5) is 0 Å². The molecule has 2 rings (SSSR count). The van der Waals surface area contributed by atoms with E-state index < -0.39 is 5.97 Å². The van der Waals surface area contributed by atoms with Crippen LogP contribution in [-0.2, 0) is 14.3 Å². The van der Waals surface area contributed by atoms with Crippen molar-refractivity contribution in [3.05, 3.63) is 16.0 Å². The Hall–Kier alpha value is -1.81. The Morgan fingerprint density at radius 2 is 2.14 bits per heavy atom. The van der Waals surface area contributed by atoms with Crippen molar-refractivity contribution in [1.82, 2.24) is 19.8 Å². The zero-order chi connectivity index (χ0) is 15.4. The number of ketones is 1. The summed E-state index contributed by atoms with van der Waals surface area (Å²) in [4.78, 5) is 34.9. The average Bonchev–Trinajstić information content (AvgIpc) is 2.85. The quantitative estimate of drug-likeness (QED) is 0.428. The fourth-order valence-electron chi connectivity index (χ4n) is 1.40. The highest BCUT2D eigenvalue weighted by molar-refractivity contribution is 8.01. The second-order valence-corrected chi connectivity index (χ2v) is 6.14. The van der Waals surface area contributed by atoms with Gasteiger partial charge in [-0.2, -0.15) is 4.52 Å². The molecule has 0 unspecified atom stereocenters. The number of hydrogen-bond donors (Lipinski definition) is 0. The molecular formula is C11H12N4O4S2. The molecule has 0 radical (unpaired) electrons. The van der Waals surface area contributed by atoms with Crippen LogP contribution in [0.5, 0.6) is 0 Å². The van der Waals surface area contributed by atoms with Crippen LogP contribution < -0.4 is 5.56 Å².